The molecule has 15 rings (SSSR count). The first-order valence-corrected chi connectivity index (χ1v) is 23.2. The summed E-state index contributed by atoms with van der Waals surface area (Å²) >= 11 is 0. The number of nitrogens with zero attached hydrogens (tertiary/aromatic N) is 4. The van der Waals surface area contributed by atoms with E-state index in [2.05, 4.69) is 228 Å². The standard InChI is InChI=1S/C60H41BN4O2/c1-60(2,3)36-28-31-53-45(32-36)57-59(67-53)61-46-23-15-26-49-58(46)65(48-25-14-22-44-41-20-10-12-24-47(41)64(49)56(44)48)51-34-40(62(37-16-6-4-7-17-37)38-18-8-5-9-19-38)33-50(55(51)61)63(57)39-29-30-43-42-21-11-13-27-52(42)66-54(43)35-39/h4-35H,1-3H3. The van der Waals surface area contributed by atoms with Gasteiger partial charge in [0.1, 0.15) is 16.7 Å². The number of rotatable bonds is 4. The summed E-state index contributed by atoms with van der Waals surface area (Å²) in [7, 11) is 0. The van der Waals surface area contributed by atoms with E-state index in [0.717, 1.165) is 89.8 Å². The second kappa shape index (κ2) is 13.1. The van der Waals surface area contributed by atoms with Crippen LogP contribution in [0.1, 0.15) is 26.3 Å². The fourth-order valence-electron chi connectivity index (χ4n) is 11.7. The van der Waals surface area contributed by atoms with E-state index in [1.165, 1.54) is 44.0 Å². The molecule has 6 heterocycles. The van der Waals surface area contributed by atoms with Gasteiger partial charge in [-0.25, -0.2) is 0 Å². The first-order valence-electron chi connectivity index (χ1n) is 23.2. The Morgan fingerprint density at radius 3 is 1.90 bits per heavy atom. The highest BCUT2D eigenvalue weighted by molar-refractivity contribution is 7.00. The third kappa shape index (κ3) is 4.95. The molecule has 0 amide bonds. The minimum absolute atomic E-state index is 0.0861. The number of furan rings is 2. The molecule has 0 atom stereocenters. The van der Waals surface area contributed by atoms with Crippen molar-refractivity contribution in [2.45, 2.75) is 26.2 Å². The van der Waals surface area contributed by atoms with Crippen LogP contribution >= 0.6 is 0 Å². The predicted molar refractivity (Wildman–Crippen MR) is 279 cm³/mol. The largest absolute Gasteiger partial charge is 0.468 e. The lowest BCUT2D eigenvalue weighted by atomic mass is 9.35. The second-order valence-corrected chi connectivity index (χ2v) is 19.3. The lowest BCUT2D eigenvalue weighted by Crippen LogP contribution is -2.61. The van der Waals surface area contributed by atoms with Crippen LogP contribution < -0.4 is 31.3 Å². The molecule has 0 bridgehead atoms. The average Bonchev–Trinajstić information content (AvgIpc) is 4.04. The predicted octanol–water partition coefficient (Wildman–Crippen LogP) is 14.6. The zero-order valence-electron chi connectivity index (χ0n) is 37.2. The van der Waals surface area contributed by atoms with E-state index >= 15 is 0 Å². The summed E-state index contributed by atoms with van der Waals surface area (Å²) in [6.45, 7) is 6.64. The molecule has 67 heavy (non-hydrogen) atoms. The van der Waals surface area contributed by atoms with Gasteiger partial charge in [0.15, 0.2) is 0 Å². The number of anilines is 9. The number of benzene rings is 9. The molecule has 0 saturated heterocycles. The highest BCUT2D eigenvalue weighted by Gasteiger charge is 2.49. The molecule has 0 unspecified atom stereocenters. The van der Waals surface area contributed by atoms with Crippen molar-refractivity contribution in [3.8, 4) is 5.69 Å². The zero-order chi connectivity index (χ0) is 44.3. The third-order valence-corrected chi connectivity index (χ3v) is 14.6. The molecule has 0 aliphatic carbocycles. The molecule has 0 spiro atoms. The van der Waals surface area contributed by atoms with Crippen molar-refractivity contribution in [1.82, 2.24) is 4.57 Å². The van der Waals surface area contributed by atoms with Gasteiger partial charge in [0.25, 0.3) is 6.71 Å². The maximum absolute atomic E-state index is 7.38. The molecule has 7 heteroatoms. The van der Waals surface area contributed by atoms with Gasteiger partial charge in [-0.3, -0.25) is 0 Å². The smallest absolute Gasteiger partial charge is 0.297 e. The molecule has 3 aliphatic rings. The van der Waals surface area contributed by atoms with Crippen LogP contribution in [0.4, 0.5) is 51.2 Å². The monoisotopic (exact) mass is 860 g/mol. The van der Waals surface area contributed by atoms with Crippen LogP contribution in [0.3, 0.4) is 0 Å². The number of hydrogen-bond acceptors (Lipinski definition) is 5. The molecule has 12 aromatic rings. The Morgan fingerprint density at radius 2 is 1.10 bits per heavy atom. The summed E-state index contributed by atoms with van der Waals surface area (Å²) in [5, 5.41) is 5.77. The van der Waals surface area contributed by atoms with Crippen LogP contribution in [-0.2, 0) is 5.41 Å². The van der Waals surface area contributed by atoms with E-state index in [0.29, 0.717) is 0 Å². The minimum atomic E-state index is -0.221. The molecule has 0 saturated carbocycles. The summed E-state index contributed by atoms with van der Waals surface area (Å²) in [5.74, 6) is 0. The van der Waals surface area contributed by atoms with Crippen LogP contribution in [0.5, 0.6) is 0 Å². The van der Waals surface area contributed by atoms with Crippen molar-refractivity contribution in [3.05, 3.63) is 200 Å². The van der Waals surface area contributed by atoms with Crippen LogP contribution in [0.25, 0.3) is 60.4 Å². The van der Waals surface area contributed by atoms with Gasteiger partial charge in [-0.1, -0.05) is 124 Å². The van der Waals surface area contributed by atoms with E-state index < -0.39 is 0 Å². The van der Waals surface area contributed by atoms with Gasteiger partial charge < -0.3 is 28.1 Å². The van der Waals surface area contributed by atoms with E-state index in [1.807, 2.05) is 6.07 Å². The molecule has 0 N–H and O–H groups in total. The maximum atomic E-state index is 7.38. The average molecular weight is 861 g/mol. The summed E-state index contributed by atoms with van der Waals surface area (Å²) in [5.41, 5.74) is 20.5. The van der Waals surface area contributed by atoms with Gasteiger partial charge in [-0.15, -0.1) is 0 Å². The highest BCUT2D eigenvalue weighted by Crippen LogP contribution is 2.55. The van der Waals surface area contributed by atoms with Crippen LogP contribution in [-0.4, -0.2) is 11.3 Å². The van der Waals surface area contributed by atoms with Crippen molar-refractivity contribution in [3.63, 3.8) is 0 Å². The molecular formula is C60H41BN4O2. The Kier molecular flexibility index (Phi) is 7.22. The van der Waals surface area contributed by atoms with Crippen molar-refractivity contribution in [2.24, 2.45) is 0 Å². The SMILES string of the molecule is CC(C)(C)c1ccc2oc3c(c2c1)N(c1ccc2c(c1)oc1ccccc12)c1cc(N(c2ccccc2)c2ccccc2)cc2c1B3c1cccc3c1N2c1cccc2c4ccccc4n-3c12. The number of para-hydroxylation sites is 6. The van der Waals surface area contributed by atoms with Gasteiger partial charge in [0.2, 0.25) is 0 Å². The van der Waals surface area contributed by atoms with Crippen molar-refractivity contribution < 1.29 is 8.83 Å². The number of hydrogen-bond donors (Lipinski definition) is 0. The van der Waals surface area contributed by atoms with Gasteiger partial charge >= 0.3 is 0 Å². The first-order chi connectivity index (χ1) is 32.9. The summed E-state index contributed by atoms with van der Waals surface area (Å²) in [6, 6.07) is 70.7. The molecule has 0 radical (unpaired) electrons. The van der Waals surface area contributed by atoms with E-state index in [-0.39, 0.29) is 12.1 Å². The van der Waals surface area contributed by atoms with E-state index in [9.17, 15) is 0 Å². The van der Waals surface area contributed by atoms with E-state index in [4.69, 9.17) is 8.83 Å². The molecule has 3 aliphatic heterocycles. The summed E-state index contributed by atoms with van der Waals surface area (Å²) in [6.07, 6.45) is 0. The molecule has 9 aromatic carbocycles. The maximum Gasteiger partial charge on any atom is 0.297 e. The van der Waals surface area contributed by atoms with Crippen molar-refractivity contribution >= 4 is 129 Å². The zero-order valence-corrected chi connectivity index (χ0v) is 37.2. The quantitative estimate of drug-likeness (QED) is 0.165. The van der Waals surface area contributed by atoms with E-state index in [1.54, 1.807) is 0 Å². The fourth-order valence-corrected chi connectivity index (χ4v) is 11.7. The lowest BCUT2D eigenvalue weighted by molar-refractivity contribution is 0.590. The van der Waals surface area contributed by atoms with Crippen molar-refractivity contribution in [1.29, 1.82) is 0 Å². The Morgan fingerprint density at radius 1 is 0.448 bits per heavy atom. The Hall–Kier alpha value is -8.42. The van der Waals surface area contributed by atoms with Gasteiger partial charge in [0, 0.05) is 61.4 Å². The molecular weight excluding hydrogens is 819 g/mol. The number of fused-ring (bicyclic) bond motifs is 14. The molecule has 6 nitrogen and oxygen atoms in total. The van der Waals surface area contributed by atoms with Crippen molar-refractivity contribution in [2.75, 3.05) is 14.7 Å². The lowest BCUT2D eigenvalue weighted by Gasteiger charge is -2.45. The third-order valence-electron chi connectivity index (χ3n) is 14.6. The topological polar surface area (TPSA) is 40.9 Å². The molecule has 0 fully saturated rings. The Labute approximate surface area is 387 Å². The normalized spacial score (nSPS) is 13.5. The molecule has 3 aromatic heterocycles. The molecule has 316 valence electrons. The van der Waals surface area contributed by atoms with Crippen LogP contribution in [0, 0.1) is 0 Å². The van der Waals surface area contributed by atoms with Crippen LogP contribution in [0.15, 0.2) is 203 Å². The second-order valence-electron chi connectivity index (χ2n) is 19.3. The Bertz CT molecular complexity index is 4030. The minimum Gasteiger partial charge on any atom is -0.468 e. The highest BCUT2D eigenvalue weighted by atomic mass is 16.3. The first kappa shape index (κ1) is 36.9. The Balaban J connectivity index is 1.11. The summed E-state index contributed by atoms with van der Waals surface area (Å²) in [4.78, 5) is 7.44. The number of aromatic nitrogens is 1. The van der Waals surface area contributed by atoms with Gasteiger partial charge in [-0.05, 0) is 107 Å². The summed E-state index contributed by atoms with van der Waals surface area (Å²) < 4.78 is 16.5. The van der Waals surface area contributed by atoms with Gasteiger partial charge in [-0.2, -0.15) is 0 Å². The van der Waals surface area contributed by atoms with Crippen LogP contribution in [0.2, 0.25) is 0 Å². The van der Waals surface area contributed by atoms with Gasteiger partial charge in [0.05, 0.1) is 45.1 Å². The fraction of sp³-hybridized carbons (Fsp3) is 0.0667.